The minimum absolute atomic E-state index is 0.0139. The lowest BCUT2D eigenvalue weighted by Crippen LogP contribution is -2.31. The molecule has 0 spiro atoms. The second-order valence-corrected chi connectivity index (χ2v) is 4.14. The van der Waals surface area contributed by atoms with Crippen molar-refractivity contribution < 1.29 is 4.79 Å². The predicted molar refractivity (Wildman–Crippen MR) is 63.2 cm³/mol. The van der Waals surface area contributed by atoms with Gasteiger partial charge in [-0.25, -0.2) is 0 Å². The summed E-state index contributed by atoms with van der Waals surface area (Å²) in [6, 6.07) is 0. The molecule has 4 nitrogen and oxygen atoms in total. The predicted octanol–water partition coefficient (Wildman–Crippen LogP) is 1.51. The van der Waals surface area contributed by atoms with Crippen molar-refractivity contribution in [2.24, 2.45) is 7.05 Å². The maximum Gasteiger partial charge on any atom is 0.275 e. The molecule has 1 rings (SSSR count). The van der Waals surface area contributed by atoms with Crippen LogP contribution in [0.2, 0.25) is 0 Å². The molecule has 0 aliphatic heterocycles. The van der Waals surface area contributed by atoms with Gasteiger partial charge in [-0.1, -0.05) is 0 Å². The zero-order valence-electron chi connectivity index (χ0n) is 8.62. The van der Waals surface area contributed by atoms with Crippen LogP contribution in [0.15, 0.2) is 6.20 Å². The maximum absolute atomic E-state index is 11.9. The van der Waals surface area contributed by atoms with E-state index in [1.165, 1.54) is 0 Å². The fourth-order valence-electron chi connectivity index (χ4n) is 1.27. The average Bonchev–Trinajstić information content (AvgIpc) is 2.47. The third-order valence-electron chi connectivity index (χ3n) is 2.04. The standard InChI is InChI=1S/C9H14IN3O/c1-4-13(5-2)9(14)8-7(10)6-12(3)11-8/h6H,4-5H2,1-3H3. The Morgan fingerprint density at radius 3 is 2.50 bits per heavy atom. The van der Waals surface area contributed by atoms with Crippen LogP contribution in [0.1, 0.15) is 24.3 Å². The molecule has 0 fully saturated rings. The Morgan fingerprint density at radius 1 is 1.57 bits per heavy atom. The smallest absolute Gasteiger partial charge is 0.275 e. The van der Waals surface area contributed by atoms with Crippen molar-refractivity contribution in [2.45, 2.75) is 13.8 Å². The molecule has 0 aliphatic carbocycles. The minimum atomic E-state index is 0.0139. The number of aromatic nitrogens is 2. The molecule has 0 saturated heterocycles. The second kappa shape index (κ2) is 4.77. The lowest BCUT2D eigenvalue weighted by atomic mass is 10.3. The highest BCUT2D eigenvalue weighted by Gasteiger charge is 2.18. The maximum atomic E-state index is 11.9. The van der Waals surface area contributed by atoms with E-state index in [0.717, 1.165) is 16.7 Å². The molecule has 1 aromatic rings. The van der Waals surface area contributed by atoms with Crippen molar-refractivity contribution in [3.8, 4) is 0 Å². The van der Waals surface area contributed by atoms with E-state index in [-0.39, 0.29) is 5.91 Å². The first-order valence-electron chi connectivity index (χ1n) is 4.58. The Morgan fingerprint density at radius 2 is 2.14 bits per heavy atom. The van der Waals surface area contributed by atoms with Gasteiger partial charge in [0.05, 0.1) is 3.57 Å². The lowest BCUT2D eigenvalue weighted by Gasteiger charge is -2.17. The summed E-state index contributed by atoms with van der Waals surface area (Å²) < 4.78 is 2.57. The normalized spacial score (nSPS) is 10.3. The van der Waals surface area contributed by atoms with Crippen molar-refractivity contribution in [1.82, 2.24) is 14.7 Å². The first-order valence-corrected chi connectivity index (χ1v) is 5.66. The van der Waals surface area contributed by atoms with Crippen LogP contribution in [0.25, 0.3) is 0 Å². The van der Waals surface area contributed by atoms with Crippen LogP contribution in [-0.2, 0) is 7.05 Å². The van der Waals surface area contributed by atoms with Gasteiger partial charge in [0, 0.05) is 26.3 Å². The molecule has 1 heterocycles. The Kier molecular flexibility index (Phi) is 3.91. The van der Waals surface area contributed by atoms with E-state index in [1.54, 1.807) is 9.58 Å². The molecule has 0 saturated carbocycles. The van der Waals surface area contributed by atoms with Gasteiger partial charge >= 0.3 is 0 Å². The summed E-state index contributed by atoms with van der Waals surface area (Å²) >= 11 is 2.13. The summed E-state index contributed by atoms with van der Waals surface area (Å²) in [4.78, 5) is 13.7. The van der Waals surface area contributed by atoms with Gasteiger partial charge in [0.25, 0.3) is 5.91 Å². The molecule has 78 valence electrons. The Labute approximate surface area is 97.4 Å². The van der Waals surface area contributed by atoms with Gasteiger partial charge in [-0.3, -0.25) is 9.48 Å². The first kappa shape index (κ1) is 11.5. The van der Waals surface area contributed by atoms with Crippen LogP contribution in [0, 0.1) is 3.57 Å². The highest BCUT2D eigenvalue weighted by Crippen LogP contribution is 2.11. The van der Waals surface area contributed by atoms with E-state index in [9.17, 15) is 4.79 Å². The van der Waals surface area contributed by atoms with Crippen molar-refractivity contribution in [3.63, 3.8) is 0 Å². The fraction of sp³-hybridized carbons (Fsp3) is 0.556. The van der Waals surface area contributed by atoms with Crippen LogP contribution in [0.3, 0.4) is 0 Å². The molecular formula is C9H14IN3O. The highest BCUT2D eigenvalue weighted by atomic mass is 127. The van der Waals surface area contributed by atoms with Gasteiger partial charge in [-0.05, 0) is 36.4 Å². The third kappa shape index (κ3) is 2.26. The zero-order chi connectivity index (χ0) is 10.7. The van der Waals surface area contributed by atoms with Crippen LogP contribution in [-0.4, -0.2) is 33.7 Å². The molecule has 1 amide bonds. The quantitative estimate of drug-likeness (QED) is 0.794. The van der Waals surface area contributed by atoms with Crippen molar-refractivity contribution in [1.29, 1.82) is 0 Å². The number of amides is 1. The van der Waals surface area contributed by atoms with Gasteiger partial charge in [0.15, 0.2) is 5.69 Å². The Hall–Kier alpha value is -0.590. The van der Waals surface area contributed by atoms with E-state index < -0.39 is 0 Å². The van der Waals surface area contributed by atoms with Gasteiger partial charge in [0.2, 0.25) is 0 Å². The van der Waals surface area contributed by atoms with Crippen molar-refractivity contribution >= 4 is 28.5 Å². The minimum Gasteiger partial charge on any atom is -0.338 e. The second-order valence-electron chi connectivity index (χ2n) is 2.98. The van der Waals surface area contributed by atoms with Crippen LogP contribution >= 0.6 is 22.6 Å². The topological polar surface area (TPSA) is 38.1 Å². The van der Waals surface area contributed by atoms with Crippen molar-refractivity contribution in [2.75, 3.05) is 13.1 Å². The summed E-state index contributed by atoms with van der Waals surface area (Å²) in [5.74, 6) is 0.0139. The zero-order valence-corrected chi connectivity index (χ0v) is 10.8. The summed E-state index contributed by atoms with van der Waals surface area (Å²) in [5, 5.41) is 4.14. The number of aryl methyl sites for hydroxylation is 1. The molecular weight excluding hydrogens is 293 g/mol. The molecule has 0 aromatic carbocycles. The number of nitrogens with zero attached hydrogens (tertiary/aromatic N) is 3. The lowest BCUT2D eigenvalue weighted by molar-refractivity contribution is 0.0765. The summed E-state index contributed by atoms with van der Waals surface area (Å²) in [5.41, 5.74) is 0.553. The number of carbonyl (C=O) groups excluding carboxylic acids is 1. The van der Waals surface area contributed by atoms with Gasteiger partial charge < -0.3 is 4.90 Å². The molecule has 5 heteroatoms. The number of rotatable bonds is 3. The molecule has 1 aromatic heterocycles. The van der Waals surface area contributed by atoms with E-state index in [1.807, 2.05) is 27.1 Å². The number of halogens is 1. The van der Waals surface area contributed by atoms with Gasteiger partial charge in [-0.2, -0.15) is 5.10 Å². The number of carbonyl (C=O) groups is 1. The number of hydrogen-bond donors (Lipinski definition) is 0. The summed E-state index contributed by atoms with van der Waals surface area (Å²) in [6.45, 7) is 5.39. The summed E-state index contributed by atoms with van der Waals surface area (Å²) in [7, 11) is 1.82. The van der Waals surface area contributed by atoms with Crippen LogP contribution < -0.4 is 0 Å². The highest BCUT2D eigenvalue weighted by molar-refractivity contribution is 14.1. The average molecular weight is 307 g/mol. The van der Waals surface area contributed by atoms with Gasteiger partial charge in [0.1, 0.15) is 0 Å². The fourth-order valence-corrected chi connectivity index (χ4v) is 2.01. The first-order chi connectivity index (χ1) is 6.60. The van der Waals surface area contributed by atoms with Crippen molar-refractivity contribution in [3.05, 3.63) is 15.5 Å². The largest absolute Gasteiger partial charge is 0.338 e. The summed E-state index contributed by atoms with van der Waals surface area (Å²) in [6.07, 6.45) is 1.84. The molecule has 14 heavy (non-hydrogen) atoms. The van der Waals surface area contributed by atoms with Gasteiger partial charge in [-0.15, -0.1) is 0 Å². The van der Waals surface area contributed by atoms with E-state index in [2.05, 4.69) is 27.7 Å². The molecule has 0 aliphatic rings. The number of hydrogen-bond acceptors (Lipinski definition) is 2. The monoisotopic (exact) mass is 307 g/mol. The Bertz CT molecular complexity index is 331. The third-order valence-corrected chi connectivity index (χ3v) is 2.83. The molecule has 0 radical (unpaired) electrons. The van der Waals surface area contributed by atoms with Crippen LogP contribution in [0.4, 0.5) is 0 Å². The van der Waals surface area contributed by atoms with E-state index >= 15 is 0 Å². The molecule has 0 unspecified atom stereocenters. The molecule has 0 atom stereocenters. The van der Waals surface area contributed by atoms with Crippen LogP contribution in [0.5, 0.6) is 0 Å². The molecule has 0 bridgehead atoms. The Balaban J connectivity index is 2.93. The SMILES string of the molecule is CCN(CC)C(=O)c1nn(C)cc1I. The van der Waals surface area contributed by atoms with E-state index in [0.29, 0.717) is 5.69 Å². The van der Waals surface area contributed by atoms with E-state index in [4.69, 9.17) is 0 Å². The molecule has 0 N–H and O–H groups in total.